The van der Waals surface area contributed by atoms with Crippen LogP contribution in [0.5, 0.6) is 0 Å². The van der Waals surface area contributed by atoms with E-state index in [2.05, 4.69) is 5.32 Å². The van der Waals surface area contributed by atoms with Crippen LogP contribution in [0, 0.1) is 0 Å². The summed E-state index contributed by atoms with van der Waals surface area (Å²) < 4.78 is 9.71. The molecule has 1 aromatic carbocycles. The van der Waals surface area contributed by atoms with Crippen molar-refractivity contribution >= 4 is 23.5 Å². The molecule has 110 valence electrons. The highest BCUT2D eigenvalue weighted by molar-refractivity contribution is 6.30. The summed E-state index contributed by atoms with van der Waals surface area (Å²) >= 11 is 5.89. The second kappa shape index (κ2) is 6.95. The number of ether oxygens (including phenoxy) is 1. The fraction of sp³-hybridized carbons (Fsp3) is 0.200. The number of nitrogens with one attached hydrogen (secondary N) is 1. The molecule has 2 rings (SSSR count). The lowest BCUT2D eigenvalue weighted by molar-refractivity contribution is -0.124. The predicted octanol–water partition coefficient (Wildman–Crippen LogP) is 2.97. The first-order chi connectivity index (χ1) is 10.1. The van der Waals surface area contributed by atoms with E-state index in [1.54, 1.807) is 24.3 Å². The molecule has 0 aliphatic carbocycles. The van der Waals surface area contributed by atoms with E-state index >= 15 is 0 Å². The summed E-state index contributed by atoms with van der Waals surface area (Å²) in [6.45, 7) is 1.45. The summed E-state index contributed by atoms with van der Waals surface area (Å²) in [5.41, 5.74) is 0.869. The highest BCUT2D eigenvalue weighted by Gasteiger charge is 2.14. The smallest absolute Gasteiger partial charge is 0.374 e. The Labute approximate surface area is 126 Å². The van der Waals surface area contributed by atoms with Crippen LogP contribution >= 0.6 is 11.6 Å². The average Bonchev–Trinajstić information content (AvgIpc) is 2.99. The van der Waals surface area contributed by atoms with Gasteiger partial charge in [0.25, 0.3) is 5.91 Å². The van der Waals surface area contributed by atoms with Gasteiger partial charge in [-0.25, -0.2) is 4.79 Å². The van der Waals surface area contributed by atoms with Crippen LogP contribution in [0.3, 0.4) is 0 Å². The third-order valence-corrected chi connectivity index (χ3v) is 3.02. The quantitative estimate of drug-likeness (QED) is 0.862. The summed E-state index contributed by atoms with van der Waals surface area (Å²) in [5, 5.41) is 3.31. The summed E-state index contributed by atoms with van der Waals surface area (Å²) in [6, 6.07) is 9.97. The minimum atomic E-state index is -0.675. The van der Waals surface area contributed by atoms with Gasteiger partial charge in [-0.15, -0.1) is 0 Å². The van der Waals surface area contributed by atoms with Gasteiger partial charge in [0.2, 0.25) is 5.76 Å². The van der Waals surface area contributed by atoms with Crippen molar-refractivity contribution in [3.05, 3.63) is 59.0 Å². The summed E-state index contributed by atoms with van der Waals surface area (Å²) in [7, 11) is 0. The Bertz CT molecular complexity index is 624. The number of carbonyl (C=O) groups excluding carboxylic acids is 2. The topological polar surface area (TPSA) is 68.5 Å². The van der Waals surface area contributed by atoms with Crippen LogP contribution in [0.2, 0.25) is 5.02 Å². The van der Waals surface area contributed by atoms with Gasteiger partial charge in [0.05, 0.1) is 12.3 Å². The van der Waals surface area contributed by atoms with Crippen molar-refractivity contribution in [3.63, 3.8) is 0 Å². The largest absolute Gasteiger partial charge is 0.457 e. The van der Waals surface area contributed by atoms with E-state index in [0.29, 0.717) is 5.02 Å². The molecule has 0 aliphatic heterocycles. The van der Waals surface area contributed by atoms with E-state index in [1.165, 1.54) is 12.3 Å². The molecule has 1 heterocycles. The van der Waals surface area contributed by atoms with Crippen molar-refractivity contribution in [1.29, 1.82) is 0 Å². The van der Waals surface area contributed by atoms with Gasteiger partial charge in [0, 0.05) is 5.02 Å². The lowest BCUT2D eigenvalue weighted by Gasteiger charge is -2.14. The van der Waals surface area contributed by atoms with E-state index in [4.69, 9.17) is 20.8 Å². The Morgan fingerprint density at radius 3 is 2.81 bits per heavy atom. The molecular formula is C15H14ClNO4. The van der Waals surface area contributed by atoms with Crippen molar-refractivity contribution in [1.82, 2.24) is 5.32 Å². The number of hydrogen-bond donors (Lipinski definition) is 1. The van der Waals surface area contributed by atoms with Crippen LogP contribution in [-0.4, -0.2) is 18.5 Å². The Balaban J connectivity index is 1.83. The molecule has 6 heteroatoms. The van der Waals surface area contributed by atoms with Crippen LogP contribution in [0.15, 0.2) is 47.1 Å². The van der Waals surface area contributed by atoms with E-state index in [-0.39, 0.29) is 18.4 Å². The van der Waals surface area contributed by atoms with Crippen molar-refractivity contribution < 1.29 is 18.7 Å². The first-order valence-corrected chi connectivity index (χ1v) is 6.69. The van der Waals surface area contributed by atoms with Gasteiger partial charge in [-0.05, 0) is 36.8 Å². The molecule has 1 unspecified atom stereocenters. The van der Waals surface area contributed by atoms with Crippen molar-refractivity contribution in [3.8, 4) is 0 Å². The molecule has 0 bridgehead atoms. The standard InChI is InChI=1S/C15H14ClNO4/c1-10(11-4-2-5-12(16)8-11)17-14(18)9-21-15(19)13-6-3-7-20-13/h2-8,10H,9H2,1H3,(H,17,18). The minimum Gasteiger partial charge on any atom is -0.457 e. The molecule has 1 amide bonds. The average molecular weight is 308 g/mol. The molecule has 5 nitrogen and oxygen atoms in total. The molecule has 21 heavy (non-hydrogen) atoms. The summed E-state index contributed by atoms with van der Waals surface area (Å²) in [6.07, 6.45) is 1.36. The Kier molecular flexibility index (Phi) is 5.00. The monoisotopic (exact) mass is 307 g/mol. The second-order valence-corrected chi connectivity index (χ2v) is 4.83. The van der Waals surface area contributed by atoms with Crippen molar-refractivity contribution in [2.75, 3.05) is 6.61 Å². The lowest BCUT2D eigenvalue weighted by Crippen LogP contribution is -2.31. The molecular weight excluding hydrogens is 294 g/mol. The minimum absolute atomic E-state index is 0.0608. The molecule has 2 aromatic rings. The van der Waals surface area contributed by atoms with Crippen LogP contribution < -0.4 is 5.32 Å². The van der Waals surface area contributed by atoms with Gasteiger partial charge in [0.1, 0.15) is 0 Å². The van der Waals surface area contributed by atoms with Crippen LogP contribution in [-0.2, 0) is 9.53 Å². The first-order valence-electron chi connectivity index (χ1n) is 6.31. The van der Waals surface area contributed by atoms with Crippen LogP contribution in [0.1, 0.15) is 29.1 Å². The van der Waals surface area contributed by atoms with Gasteiger partial charge in [-0.3, -0.25) is 4.79 Å². The van der Waals surface area contributed by atoms with Crippen molar-refractivity contribution in [2.24, 2.45) is 0 Å². The molecule has 0 saturated carbocycles. The highest BCUT2D eigenvalue weighted by Crippen LogP contribution is 2.17. The van der Waals surface area contributed by atoms with E-state index < -0.39 is 11.9 Å². The molecule has 0 saturated heterocycles. The maximum Gasteiger partial charge on any atom is 0.374 e. The number of furan rings is 1. The Morgan fingerprint density at radius 1 is 1.33 bits per heavy atom. The maximum atomic E-state index is 11.7. The maximum absolute atomic E-state index is 11.7. The third kappa shape index (κ3) is 4.36. The zero-order valence-corrected chi connectivity index (χ0v) is 12.1. The fourth-order valence-electron chi connectivity index (χ4n) is 1.74. The molecule has 0 spiro atoms. The molecule has 1 N–H and O–H groups in total. The molecule has 0 aliphatic rings. The second-order valence-electron chi connectivity index (χ2n) is 4.40. The van der Waals surface area contributed by atoms with E-state index in [9.17, 15) is 9.59 Å². The van der Waals surface area contributed by atoms with E-state index in [1.807, 2.05) is 13.0 Å². The zero-order chi connectivity index (χ0) is 15.2. The number of hydrogen-bond acceptors (Lipinski definition) is 4. The number of rotatable bonds is 5. The molecule has 1 aromatic heterocycles. The molecule has 0 fully saturated rings. The van der Waals surface area contributed by atoms with Gasteiger partial charge in [-0.1, -0.05) is 23.7 Å². The van der Waals surface area contributed by atoms with E-state index in [0.717, 1.165) is 5.56 Å². The Hall–Kier alpha value is -2.27. The molecule has 0 radical (unpaired) electrons. The summed E-state index contributed by atoms with van der Waals surface area (Å²) in [4.78, 5) is 23.2. The third-order valence-electron chi connectivity index (χ3n) is 2.78. The number of amides is 1. The number of halogens is 1. The van der Waals surface area contributed by atoms with Gasteiger partial charge < -0.3 is 14.5 Å². The van der Waals surface area contributed by atoms with Gasteiger partial charge >= 0.3 is 5.97 Å². The number of carbonyl (C=O) groups is 2. The zero-order valence-electron chi connectivity index (χ0n) is 11.3. The normalized spacial score (nSPS) is 11.7. The van der Waals surface area contributed by atoms with Gasteiger partial charge in [-0.2, -0.15) is 0 Å². The highest BCUT2D eigenvalue weighted by atomic mass is 35.5. The van der Waals surface area contributed by atoms with Crippen molar-refractivity contribution in [2.45, 2.75) is 13.0 Å². The predicted molar refractivity (Wildman–Crippen MR) is 77.0 cm³/mol. The number of esters is 1. The lowest BCUT2D eigenvalue weighted by atomic mass is 10.1. The van der Waals surface area contributed by atoms with Gasteiger partial charge in [0.15, 0.2) is 6.61 Å². The Morgan fingerprint density at radius 2 is 2.14 bits per heavy atom. The first kappa shape index (κ1) is 15.1. The molecule has 1 atom stereocenters. The SMILES string of the molecule is CC(NC(=O)COC(=O)c1ccco1)c1cccc(Cl)c1. The number of benzene rings is 1. The van der Waals surface area contributed by atoms with Crippen LogP contribution in [0.4, 0.5) is 0 Å². The van der Waals surface area contributed by atoms with Crippen LogP contribution in [0.25, 0.3) is 0 Å². The fourth-order valence-corrected chi connectivity index (χ4v) is 1.94. The summed E-state index contributed by atoms with van der Waals surface area (Å²) in [5.74, 6) is -1.02.